The van der Waals surface area contributed by atoms with Gasteiger partial charge in [0.1, 0.15) is 24.4 Å². The topological polar surface area (TPSA) is 223 Å². The number of nitrogens with one attached hydrogen (secondary N) is 4. The van der Waals surface area contributed by atoms with Crippen LogP contribution in [-0.2, 0) is 10.4 Å². The first-order valence-corrected chi connectivity index (χ1v) is 18.0. The molecule has 2 aromatic carbocycles. The number of pyridine rings is 1. The lowest BCUT2D eigenvalue weighted by molar-refractivity contribution is -0.125. The predicted octanol–water partition coefficient (Wildman–Crippen LogP) is 2.42. The quantitative estimate of drug-likeness (QED) is 0.0969. The number of hydrogen-bond donors (Lipinski definition) is 8. The Bertz CT molecular complexity index is 2060. The smallest absolute Gasteiger partial charge is 0.319 e. The number of imidazole rings is 1. The van der Waals surface area contributed by atoms with Gasteiger partial charge in [-0.1, -0.05) is 47.5 Å². The molecule has 282 valence electrons. The fraction of sp³-hybridized carbons (Fsp3) is 0.333. The molecular weight excluding hydrogens is 739 g/mol. The fourth-order valence-electron chi connectivity index (χ4n) is 6.97. The molecule has 2 aliphatic rings. The van der Waals surface area contributed by atoms with Gasteiger partial charge in [0, 0.05) is 35.4 Å². The minimum atomic E-state index is -1.59. The number of anilines is 3. The van der Waals surface area contributed by atoms with E-state index in [2.05, 4.69) is 31.2 Å². The van der Waals surface area contributed by atoms with Gasteiger partial charge in [-0.15, -0.1) is 0 Å². The molecule has 7 rings (SSSR count). The van der Waals surface area contributed by atoms with Crippen LogP contribution >= 0.6 is 23.2 Å². The lowest BCUT2D eigenvalue weighted by Crippen LogP contribution is -2.44. The van der Waals surface area contributed by atoms with Crippen molar-refractivity contribution in [2.45, 2.75) is 48.8 Å². The summed E-state index contributed by atoms with van der Waals surface area (Å²) in [5.41, 5.74) is 0.702. The Morgan fingerprint density at radius 3 is 2.30 bits per heavy atom. The Kier molecular flexibility index (Phi) is 10.8. The zero-order valence-electron chi connectivity index (χ0n) is 28.7. The second-order valence-electron chi connectivity index (χ2n) is 13.3. The maximum absolute atomic E-state index is 12.8. The van der Waals surface area contributed by atoms with E-state index < -0.39 is 42.4 Å². The van der Waals surface area contributed by atoms with Crippen LogP contribution in [0.2, 0.25) is 10.0 Å². The average Bonchev–Trinajstić information content (AvgIpc) is 3.89. The SMILES string of the molecule is O=C(CO)N[C@H]1C[C@@H](n2cnc3c(NCC(O)(c4ccc(Cl)cc4)c4ccc(Cl)cc4)nc(N4CCC(NC(=O)Nc5cccnc5)C4)nc32)[C@H](O)[C@@H]1O. The Hall–Kier alpha value is -5.10. The normalized spacial score (nSPS) is 21.3. The number of nitrogens with zero attached hydrogens (tertiary/aromatic N) is 6. The van der Waals surface area contributed by atoms with E-state index >= 15 is 0 Å². The second kappa shape index (κ2) is 15.7. The highest BCUT2D eigenvalue weighted by Gasteiger charge is 2.44. The van der Waals surface area contributed by atoms with E-state index in [1.54, 1.807) is 77.6 Å². The van der Waals surface area contributed by atoms with E-state index in [-0.39, 0.29) is 30.9 Å². The Labute approximate surface area is 319 Å². The van der Waals surface area contributed by atoms with Crippen molar-refractivity contribution in [2.24, 2.45) is 0 Å². The van der Waals surface area contributed by atoms with Gasteiger partial charge in [-0.2, -0.15) is 9.97 Å². The average molecular weight is 778 g/mol. The Morgan fingerprint density at radius 1 is 0.944 bits per heavy atom. The Morgan fingerprint density at radius 2 is 1.65 bits per heavy atom. The summed E-state index contributed by atoms with van der Waals surface area (Å²) in [4.78, 5) is 45.0. The van der Waals surface area contributed by atoms with Crippen molar-refractivity contribution >= 4 is 63.8 Å². The highest BCUT2D eigenvalue weighted by atomic mass is 35.5. The molecule has 5 aromatic rings. The van der Waals surface area contributed by atoms with Gasteiger partial charge < -0.3 is 51.2 Å². The maximum Gasteiger partial charge on any atom is 0.319 e. The van der Waals surface area contributed by atoms with Gasteiger partial charge in [-0.05, 0) is 60.4 Å². The number of aliphatic hydroxyl groups excluding tert-OH is 3. The fourth-order valence-corrected chi connectivity index (χ4v) is 7.23. The first-order chi connectivity index (χ1) is 26.0. The van der Waals surface area contributed by atoms with Gasteiger partial charge in [0.25, 0.3) is 0 Å². The van der Waals surface area contributed by atoms with Crippen molar-refractivity contribution in [1.29, 1.82) is 0 Å². The molecule has 1 unspecified atom stereocenters. The summed E-state index contributed by atoms with van der Waals surface area (Å²) in [6, 6.07) is 14.9. The summed E-state index contributed by atoms with van der Waals surface area (Å²) in [5, 5.41) is 56.2. The van der Waals surface area contributed by atoms with Crippen molar-refractivity contribution < 1.29 is 30.0 Å². The van der Waals surface area contributed by atoms with Gasteiger partial charge in [0.15, 0.2) is 17.0 Å². The highest BCUT2D eigenvalue weighted by molar-refractivity contribution is 6.30. The molecule has 1 saturated carbocycles. The third kappa shape index (κ3) is 7.75. The van der Waals surface area contributed by atoms with E-state index in [9.17, 15) is 30.0 Å². The lowest BCUT2D eigenvalue weighted by Gasteiger charge is -2.30. The number of carbonyl (C=O) groups is 2. The monoisotopic (exact) mass is 776 g/mol. The van der Waals surface area contributed by atoms with Crippen LogP contribution in [0, 0.1) is 0 Å². The van der Waals surface area contributed by atoms with Gasteiger partial charge in [-0.3, -0.25) is 9.78 Å². The molecule has 1 saturated heterocycles. The molecule has 0 radical (unpaired) electrons. The van der Waals surface area contributed by atoms with Crippen LogP contribution in [0.3, 0.4) is 0 Å². The number of fused-ring (bicyclic) bond motifs is 1. The summed E-state index contributed by atoms with van der Waals surface area (Å²) in [6.07, 6.45) is 2.73. The number of benzene rings is 2. The molecule has 18 heteroatoms. The van der Waals surface area contributed by atoms with Crippen molar-refractivity contribution in [1.82, 2.24) is 35.1 Å². The molecule has 1 aliphatic heterocycles. The van der Waals surface area contributed by atoms with Crippen LogP contribution in [0.1, 0.15) is 30.0 Å². The van der Waals surface area contributed by atoms with E-state index in [0.29, 0.717) is 63.5 Å². The third-order valence-corrected chi connectivity index (χ3v) is 10.3. The molecular formula is C36H38Cl2N10O6. The summed E-state index contributed by atoms with van der Waals surface area (Å²) in [7, 11) is 0. The van der Waals surface area contributed by atoms with E-state index in [1.165, 1.54) is 6.33 Å². The summed E-state index contributed by atoms with van der Waals surface area (Å²) in [6.45, 7) is 0.0295. The summed E-state index contributed by atoms with van der Waals surface area (Å²) >= 11 is 12.4. The molecule has 8 N–H and O–H groups in total. The zero-order valence-corrected chi connectivity index (χ0v) is 30.2. The van der Waals surface area contributed by atoms with Crippen LogP contribution in [0.15, 0.2) is 79.4 Å². The molecule has 16 nitrogen and oxygen atoms in total. The first-order valence-electron chi connectivity index (χ1n) is 17.2. The zero-order chi connectivity index (χ0) is 38.0. The molecule has 4 heterocycles. The lowest BCUT2D eigenvalue weighted by atomic mass is 9.86. The molecule has 0 spiro atoms. The predicted molar refractivity (Wildman–Crippen MR) is 201 cm³/mol. The number of hydrogen-bond acceptors (Lipinski definition) is 12. The Balaban J connectivity index is 1.22. The minimum absolute atomic E-state index is 0.0760. The number of urea groups is 1. The van der Waals surface area contributed by atoms with Gasteiger partial charge in [-0.25, -0.2) is 9.78 Å². The third-order valence-electron chi connectivity index (χ3n) is 9.79. The second-order valence-corrected chi connectivity index (χ2v) is 14.2. The maximum atomic E-state index is 12.8. The van der Waals surface area contributed by atoms with Crippen molar-refractivity contribution in [3.63, 3.8) is 0 Å². The van der Waals surface area contributed by atoms with Gasteiger partial charge in [0.2, 0.25) is 11.9 Å². The molecule has 3 aromatic heterocycles. The van der Waals surface area contributed by atoms with E-state index in [4.69, 9.17) is 33.2 Å². The van der Waals surface area contributed by atoms with Crippen LogP contribution in [0.25, 0.3) is 11.2 Å². The number of halogens is 2. The number of carbonyl (C=O) groups excluding carboxylic acids is 2. The number of aromatic nitrogens is 5. The van der Waals surface area contributed by atoms with Crippen molar-refractivity contribution in [3.05, 3.63) is 101 Å². The molecule has 5 atom stereocenters. The largest absolute Gasteiger partial charge is 0.388 e. The molecule has 2 fully saturated rings. The summed E-state index contributed by atoms with van der Waals surface area (Å²) < 4.78 is 1.63. The summed E-state index contributed by atoms with van der Waals surface area (Å²) in [5.74, 6) is -0.110. The molecule has 0 bridgehead atoms. The molecule has 1 aliphatic carbocycles. The molecule has 3 amide bonds. The van der Waals surface area contributed by atoms with E-state index in [1.807, 2.05) is 4.90 Å². The van der Waals surface area contributed by atoms with Crippen LogP contribution in [0.4, 0.5) is 22.2 Å². The number of aliphatic hydroxyl groups is 4. The van der Waals surface area contributed by atoms with Crippen LogP contribution in [-0.4, -0.2) is 107 Å². The van der Waals surface area contributed by atoms with Crippen LogP contribution < -0.4 is 26.2 Å². The van der Waals surface area contributed by atoms with Crippen LogP contribution in [0.5, 0.6) is 0 Å². The standard InChI is InChI=1S/C36H38Cl2N10O6/c37-22-7-3-20(4-8-22)36(54,21-5-9-23(38)10-6-21)18-40-32-29-33(48(19-41-29)27-14-26(30(51)31(27)52)44-28(50)17-49)46-34(45-32)47-13-11-25(16-47)43-35(53)42-24-2-1-12-39-15-24/h1-10,12,15,19,25-27,30-31,49,51-52,54H,11,13-14,16-18H2,(H,44,50)(H,40,45,46)(H2,42,43,53)/t25?,26-,27+,30+,31-/m0/s1. The number of rotatable bonds is 11. The molecule has 54 heavy (non-hydrogen) atoms. The van der Waals surface area contributed by atoms with Crippen molar-refractivity contribution in [2.75, 3.05) is 41.8 Å². The highest BCUT2D eigenvalue weighted by Crippen LogP contribution is 2.36. The first kappa shape index (κ1) is 37.2. The number of amides is 3. The van der Waals surface area contributed by atoms with Gasteiger partial charge >= 0.3 is 6.03 Å². The van der Waals surface area contributed by atoms with E-state index in [0.717, 1.165) is 0 Å². The minimum Gasteiger partial charge on any atom is -0.388 e. The van der Waals surface area contributed by atoms with Gasteiger partial charge in [0.05, 0.1) is 36.8 Å². The van der Waals surface area contributed by atoms with Crippen molar-refractivity contribution in [3.8, 4) is 0 Å².